The van der Waals surface area contributed by atoms with Crippen molar-refractivity contribution in [2.45, 2.75) is 6.54 Å². The van der Waals surface area contributed by atoms with Crippen molar-refractivity contribution >= 4 is 28.3 Å². The van der Waals surface area contributed by atoms with E-state index in [-0.39, 0.29) is 12.3 Å². The van der Waals surface area contributed by atoms with Crippen LogP contribution >= 0.6 is 11.6 Å². The largest absolute Gasteiger partial charge is 0.340 e. The summed E-state index contributed by atoms with van der Waals surface area (Å²) >= 11 is 5.82. The lowest BCUT2D eigenvalue weighted by Crippen LogP contribution is -2.09. The highest BCUT2D eigenvalue weighted by molar-refractivity contribution is 6.30. The molecule has 1 heterocycles. The van der Waals surface area contributed by atoms with Crippen LogP contribution in [0.1, 0.15) is 15.9 Å². The molecular weight excluding hydrogens is 284 g/mol. The number of carbonyl (C=O) groups is 1. The van der Waals surface area contributed by atoms with Crippen LogP contribution in [-0.4, -0.2) is 10.4 Å². The molecule has 102 valence electrons. The van der Waals surface area contributed by atoms with Gasteiger partial charge in [-0.15, -0.1) is 0 Å². The summed E-state index contributed by atoms with van der Waals surface area (Å²) in [5, 5.41) is 10.6. The van der Waals surface area contributed by atoms with E-state index in [1.807, 2.05) is 22.9 Å². The number of ketones is 1. The van der Waals surface area contributed by atoms with Crippen LogP contribution in [0.15, 0.2) is 54.7 Å². The zero-order valence-corrected chi connectivity index (χ0v) is 11.8. The molecule has 0 spiro atoms. The van der Waals surface area contributed by atoms with Crippen LogP contribution in [-0.2, 0) is 6.54 Å². The van der Waals surface area contributed by atoms with Crippen molar-refractivity contribution in [2.24, 2.45) is 0 Å². The second kappa shape index (κ2) is 5.43. The summed E-state index contributed by atoms with van der Waals surface area (Å²) in [6.45, 7) is 0.236. The van der Waals surface area contributed by atoms with Gasteiger partial charge in [-0.25, -0.2) is 0 Å². The first-order valence-corrected chi connectivity index (χ1v) is 6.83. The Bertz CT molecular complexity index is 857. The van der Waals surface area contributed by atoms with Gasteiger partial charge >= 0.3 is 0 Å². The number of halogens is 1. The number of benzene rings is 2. The number of nitriles is 1. The third-order valence-electron chi connectivity index (χ3n) is 3.38. The highest BCUT2D eigenvalue weighted by Crippen LogP contribution is 2.18. The van der Waals surface area contributed by atoms with E-state index in [4.69, 9.17) is 16.9 Å². The molecule has 3 nitrogen and oxygen atoms in total. The Labute approximate surface area is 127 Å². The monoisotopic (exact) mass is 294 g/mol. The lowest BCUT2D eigenvalue weighted by Gasteiger charge is -2.05. The van der Waals surface area contributed by atoms with Gasteiger partial charge in [-0.3, -0.25) is 4.79 Å². The molecule has 0 unspecified atom stereocenters. The lowest BCUT2D eigenvalue weighted by atomic mass is 10.1. The molecule has 0 aliphatic heterocycles. The van der Waals surface area contributed by atoms with Crippen LogP contribution in [0.5, 0.6) is 0 Å². The van der Waals surface area contributed by atoms with Crippen LogP contribution in [0.25, 0.3) is 10.9 Å². The molecule has 3 rings (SSSR count). The van der Waals surface area contributed by atoms with Crippen LogP contribution < -0.4 is 0 Å². The Kier molecular flexibility index (Phi) is 3.47. The maximum Gasteiger partial charge on any atom is 0.182 e. The molecular formula is C17H11ClN2O. The number of aromatic nitrogens is 1. The first kappa shape index (κ1) is 13.4. The summed E-state index contributed by atoms with van der Waals surface area (Å²) in [7, 11) is 0. The molecule has 0 aliphatic rings. The number of nitrogens with zero attached hydrogens (tertiary/aromatic N) is 2. The number of rotatable bonds is 3. The molecule has 1 aromatic heterocycles. The Morgan fingerprint density at radius 1 is 1.14 bits per heavy atom. The maximum absolute atomic E-state index is 12.3. The van der Waals surface area contributed by atoms with Crippen molar-refractivity contribution in [2.75, 3.05) is 0 Å². The van der Waals surface area contributed by atoms with Crippen molar-refractivity contribution < 1.29 is 4.79 Å². The van der Waals surface area contributed by atoms with E-state index in [0.29, 0.717) is 16.1 Å². The Morgan fingerprint density at radius 3 is 2.62 bits per heavy atom. The third-order valence-corrected chi connectivity index (χ3v) is 3.64. The van der Waals surface area contributed by atoms with Gasteiger partial charge in [-0.1, -0.05) is 17.7 Å². The van der Waals surface area contributed by atoms with Gasteiger partial charge in [-0.05, 0) is 47.9 Å². The molecule has 0 N–H and O–H groups in total. The van der Waals surface area contributed by atoms with Crippen molar-refractivity contribution in [1.29, 1.82) is 5.26 Å². The number of Topliss-reactive ketones (excluding diaryl/α,β-unsaturated/α-hetero) is 1. The van der Waals surface area contributed by atoms with Crippen molar-refractivity contribution in [3.63, 3.8) is 0 Å². The van der Waals surface area contributed by atoms with Gasteiger partial charge in [0.25, 0.3) is 0 Å². The highest BCUT2D eigenvalue weighted by atomic mass is 35.5. The fourth-order valence-electron chi connectivity index (χ4n) is 2.27. The highest BCUT2D eigenvalue weighted by Gasteiger charge is 2.09. The van der Waals surface area contributed by atoms with Crippen molar-refractivity contribution in [3.05, 3.63) is 70.9 Å². The van der Waals surface area contributed by atoms with Crippen molar-refractivity contribution in [1.82, 2.24) is 4.57 Å². The van der Waals surface area contributed by atoms with E-state index in [1.165, 1.54) is 0 Å². The van der Waals surface area contributed by atoms with Crippen LogP contribution in [0.4, 0.5) is 0 Å². The van der Waals surface area contributed by atoms with Crippen LogP contribution in [0.2, 0.25) is 5.02 Å². The average molecular weight is 295 g/mol. The van der Waals surface area contributed by atoms with E-state index >= 15 is 0 Å². The summed E-state index contributed by atoms with van der Waals surface area (Å²) in [5.41, 5.74) is 2.09. The van der Waals surface area contributed by atoms with Gasteiger partial charge in [0, 0.05) is 22.3 Å². The minimum absolute atomic E-state index is 0.00604. The quantitative estimate of drug-likeness (QED) is 0.684. The van der Waals surface area contributed by atoms with Crippen LogP contribution in [0, 0.1) is 11.3 Å². The molecule has 21 heavy (non-hydrogen) atoms. The van der Waals surface area contributed by atoms with Gasteiger partial charge in [0.15, 0.2) is 5.78 Å². The first-order chi connectivity index (χ1) is 10.2. The molecule has 3 aromatic rings. The maximum atomic E-state index is 12.3. The molecule has 0 aliphatic carbocycles. The predicted molar refractivity (Wildman–Crippen MR) is 82.4 cm³/mol. The van der Waals surface area contributed by atoms with Gasteiger partial charge in [-0.2, -0.15) is 5.26 Å². The molecule has 0 atom stereocenters. The molecule has 2 aromatic carbocycles. The summed E-state index contributed by atoms with van der Waals surface area (Å²) in [4.78, 5) is 12.3. The van der Waals surface area contributed by atoms with E-state index in [2.05, 4.69) is 6.07 Å². The third kappa shape index (κ3) is 2.67. The number of hydrogen-bond donors (Lipinski definition) is 0. The Morgan fingerprint density at radius 2 is 1.90 bits per heavy atom. The molecule has 0 fully saturated rings. The van der Waals surface area contributed by atoms with E-state index in [9.17, 15) is 4.79 Å². The fourth-order valence-corrected chi connectivity index (χ4v) is 2.40. The van der Waals surface area contributed by atoms with Gasteiger partial charge in [0.05, 0.1) is 18.2 Å². The Hall–Kier alpha value is -2.57. The smallest absolute Gasteiger partial charge is 0.182 e. The minimum Gasteiger partial charge on any atom is -0.340 e. The molecule has 0 amide bonds. The molecule has 0 saturated carbocycles. The van der Waals surface area contributed by atoms with Crippen molar-refractivity contribution in [3.8, 4) is 6.07 Å². The summed E-state index contributed by atoms with van der Waals surface area (Å²) in [6.07, 6.45) is 1.86. The SMILES string of the molecule is N#Cc1ccc2ccn(CC(=O)c3ccc(Cl)cc3)c2c1. The summed E-state index contributed by atoms with van der Waals surface area (Å²) in [6, 6.07) is 16.4. The Balaban J connectivity index is 1.93. The van der Waals surface area contributed by atoms with Gasteiger partial charge in [0.2, 0.25) is 0 Å². The summed E-state index contributed by atoms with van der Waals surface area (Å²) < 4.78 is 1.85. The molecule has 4 heteroatoms. The number of hydrogen-bond acceptors (Lipinski definition) is 2. The number of fused-ring (bicyclic) bond motifs is 1. The molecule has 0 radical (unpaired) electrons. The average Bonchev–Trinajstić information content (AvgIpc) is 2.90. The van der Waals surface area contributed by atoms with Gasteiger partial charge < -0.3 is 4.57 Å². The second-order valence-electron chi connectivity index (χ2n) is 4.76. The van der Waals surface area contributed by atoms with E-state index in [1.54, 1.807) is 36.4 Å². The zero-order valence-electron chi connectivity index (χ0n) is 11.1. The first-order valence-electron chi connectivity index (χ1n) is 6.45. The lowest BCUT2D eigenvalue weighted by molar-refractivity contribution is 0.0973. The molecule has 0 saturated heterocycles. The topological polar surface area (TPSA) is 45.8 Å². The number of carbonyl (C=O) groups excluding carboxylic acids is 1. The normalized spacial score (nSPS) is 10.5. The van der Waals surface area contributed by atoms with E-state index < -0.39 is 0 Å². The minimum atomic E-state index is 0.00604. The second-order valence-corrected chi connectivity index (χ2v) is 5.20. The standard InChI is InChI=1S/C17H11ClN2O/c18-15-5-3-14(4-6-15)17(21)11-20-8-7-13-2-1-12(10-19)9-16(13)20/h1-9H,11H2. The van der Waals surface area contributed by atoms with Crippen LogP contribution in [0.3, 0.4) is 0 Å². The van der Waals surface area contributed by atoms with Gasteiger partial charge in [0.1, 0.15) is 0 Å². The zero-order chi connectivity index (χ0) is 14.8. The summed E-state index contributed by atoms with van der Waals surface area (Å²) in [5.74, 6) is 0.00604. The van der Waals surface area contributed by atoms with E-state index in [0.717, 1.165) is 10.9 Å². The predicted octanol–water partition coefficient (Wildman–Crippen LogP) is 4.05. The molecule has 0 bridgehead atoms. The fraction of sp³-hybridized carbons (Fsp3) is 0.0588.